The van der Waals surface area contributed by atoms with Crippen molar-refractivity contribution in [2.75, 3.05) is 25.5 Å². The highest BCUT2D eigenvalue weighted by Crippen LogP contribution is 2.25. The van der Waals surface area contributed by atoms with Crippen molar-refractivity contribution < 1.29 is 14.3 Å². The molecule has 1 aromatic carbocycles. The van der Waals surface area contributed by atoms with Crippen LogP contribution in [0.1, 0.15) is 38.2 Å². The third kappa shape index (κ3) is 3.78. The summed E-state index contributed by atoms with van der Waals surface area (Å²) in [5.74, 6) is 0.129. The van der Waals surface area contributed by atoms with Gasteiger partial charge in [0.15, 0.2) is 0 Å². The van der Waals surface area contributed by atoms with E-state index in [1.54, 1.807) is 4.90 Å². The van der Waals surface area contributed by atoms with Crippen LogP contribution in [0, 0.1) is 5.92 Å². The average molecular weight is 304 g/mol. The van der Waals surface area contributed by atoms with Crippen molar-refractivity contribution in [3.63, 3.8) is 0 Å². The Balaban J connectivity index is 2.05. The molecule has 0 spiro atoms. The summed E-state index contributed by atoms with van der Waals surface area (Å²) in [5, 5.41) is 3.02. The predicted octanol–water partition coefficient (Wildman–Crippen LogP) is 3.23. The van der Waals surface area contributed by atoms with Crippen LogP contribution >= 0.6 is 0 Å². The maximum atomic E-state index is 12.5. The van der Waals surface area contributed by atoms with Crippen LogP contribution in [0.4, 0.5) is 10.5 Å². The molecule has 1 atom stereocenters. The molecule has 1 aromatic rings. The summed E-state index contributed by atoms with van der Waals surface area (Å²) >= 11 is 0. The number of anilines is 1. The fraction of sp³-hybridized carbons (Fsp3) is 0.529. The molecule has 5 nitrogen and oxygen atoms in total. The molecule has 2 amide bonds. The Labute approximate surface area is 131 Å². The number of benzene rings is 1. The van der Waals surface area contributed by atoms with Gasteiger partial charge in [-0.05, 0) is 30.4 Å². The highest BCUT2D eigenvalue weighted by atomic mass is 16.5. The minimum Gasteiger partial charge on any atom is -0.453 e. The summed E-state index contributed by atoms with van der Waals surface area (Å²) in [6.07, 6.45) is 1.25. The Morgan fingerprint density at radius 2 is 2.05 bits per heavy atom. The zero-order chi connectivity index (χ0) is 16.1. The number of amides is 2. The van der Waals surface area contributed by atoms with Crippen LogP contribution in [0.25, 0.3) is 0 Å². The minimum atomic E-state index is -0.361. The summed E-state index contributed by atoms with van der Waals surface area (Å²) in [7, 11) is 1.37. The maximum absolute atomic E-state index is 12.5. The summed E-state index contributed by atoms with van der Waals surface area (Å²) < 4.78 is 4.74. The molecule has 1 saturated heterocycles. The first kappa shape index (κ1) is 16.3. The fourth-order valence-electron chi connectivity index (χ4n) is 2.84. The van der Waals surface area contributed by atoms with E-state index < -0.39 is 0 Å². The van der Waals surface area contributed by atoms with E-state index >= 15 is 0 Å². The SMILES string of the molecule is COC(=O)N1CCCC(C(=O)Nc2ccccc2C(C)C)C1. The van der Waals surface area contributed by atoms with Gasteiger partial charge in [0.2, 0.25) is 5.91 Å². The second-order valence-electron chi connectivity index (χ2n) is 5.99. The molecule has 0 aliphatic carbocycles. The Kier molecular flexibility index (Phi) is 5.41. The number of likely N-dealkylation sites (tertiary alicyclic amines) is 1. The first-order valence-electron chi connectivity index (χ1n) is 7.75. The van der Waals surface area contributed by atoms with Gasteiger partial charge in [-0.2, -0.15) is 0 Å². The molecule has 0 bridgehead atoms. The van der Waals surface area contributed by atoms with Gasteiger partial charge in [-0.15, -0.1) is 0 Å². The monoisotopic (exact) mass is 304 g/mol. The molecule has 22 heavy (non-hydrogen) atoms. The zero-order valence-corrected chi connectivity index (χ0v) is 13.5. The van der Waals surface area contributed by atoms with Crippen molar-refractivity contribution in [3.8, 4) is 0 Å². The highest BCUT2D eigenvalue weighted by Gasteiger charge is 2.29. The Morgan fingerprint density at radius 3 is 2.73 bits per heavy atom. The van der Waals surface area contributed by atoms with Gasteiger partial charge < -0.3 is 15.0 Å². The first-order chi connectivity index (χ1) is 10.5. The Bertz CT molecular complexity index is 542. The Morgan fingerprint density at radius 1 is 1.32 bits per heavy atom. The van der Waals surface area contributed by atoms with Crippen LogP contribution in [-0.4, -0.2) is 37.1 Å². The normalized spacial score (nSPS) is 18.2. The lowest BCUT2D eigenvalue weighted by molar-refractivity contribution is -0.121. The van der Waals surface area contributed by atoms with Crippen LogP contribution in [0.15, 0.2) is 24.3 Å². The maximum Gasteiger partial charge on any atom is 0.409 e. The van der Waals surface area contributed by atoms with Gasteiger partial charge >= 0.3 is 6.09 Å². The van der Waals surface area contributed by atoms with E-state index in [0.717, 1.165) is 24.1 Å². The lowest BCUT2D eigenvalue weighted by Gasteiger charge is -2.31. The standard InChI is InChI=1S/C17H24N2O3/c1-12(2)14-8-4-5-9-15(14)18-16(20)13-7-6-10-19(11-13)17(21)22-3/h4-5,8-9,12-13H,6-7,10-11H2,1-3H3,(H,18,20). The summed E-state index contributed by atoms with van der Waals surface area (Å²) in [6.45, 7) is 5.27. The quantitative estimate of drug-likeness (QED) is 0.932. The number of nitrogens with one attached hydrogen (secondary N) is 1. The van der Waals surface area contributed by atoms with E-state index in [4.69, 9.17) is 4.74 Å². The number of hydrogen-bond acceptors (Lipinski definition) is 3. The van der Waals surface area contributed by atoms with E-state index in [2.05, 4.69) is 19.2 Å². The van der Waals surface area contributed by atoms with Crippen molar-refractivity contribution in [1.29, 1.82) is 0 Å². The van der Waals surface area contributed by atoms with Gasteiger partial charge in [0.1, 0.15) is 0 Å². The van der Waals surface area contributed by atoms with E-state index in [1.807, 2.05) is 24.3 Å². The minimum absolute atomic E-state index is 0.0262. The molecule has 1 aliphatic heterocycles. The number of carbonyl (C=O) groups excluding carboxylic acids is 2. The number of hydrogen-bond donors (Lipinski definition) is 1. The topological polar surface area (TPSA) is 58.6 Å². The van der Waals surface area contributed by atoms with Crippen molar-refractivity contribution in [2.45, 2.75) is 32.6 Å². The van der Waals surface area contributed by atoms with Crippen LogP contribution in [-0.2, 0) is 9.53 Å². The molecule has 0 saturated carbocycles. The lowest BCUT2D eigenvalue weighted by atomic mass is 9.96. The molecule has 0 radical (unpaired) electrons. The van der Waals surface area contributed by atoms with Gasteiger partial charge in [0.25, 0.3) is 0 Å². The molecular formula is C17H24N2O3. The van der Waals surface area contributed by atoms with Crippen LogP contribution in [0.2, 0.25) is 0 Å². The third-order valence-electron chi connectivity index (χ3n) is 4.07. The van der Waals surface area contributed by atoms with Crippen molar-refractivity contribution >= 4 is 17.7 Å². The summed E-state index contributed by atoms with van der Waals surface area (Å²) in [4.78, 5) is 25.7. The van der Waals surface area contributed by atoms with E-state index in [1.165, 1.54) is 7.11 Å². The lowest BCUT2D eigenvalue weighted by Crippen LogP contribution is -2.43. The van der Waals surface area contributed by atoms with Crippen molar-refractivity contribution in [3.05, 3.63) is 29.8 Å². The van der Waals surface area contributed by atoms with Gasteiger partial charge in [-0.1, -0.05) is 32.0 Å². The summed E-state index contributed by atoms with van der Waals surface area (Å²) in [6, 6.07) is 7.85. The molecule has 2 rings (SSSR count). The fourth-order valence-corrected chi connectivity index (χ4v) is 2.84. The zero-order valence-electron chi connectivity index (χ0n) is 13.5. The van der Waals surface area contributed by atoms with E-state index in [-0.39, 0.29) is 17.9 Å². The van der Waals surface area contributed by atoms with Gasteiger partial charge in [-0.25, -0.2) is 4.79 Å². The Hall–Kier alpha value is -2.04. The summed E-state index contributed by atoms with van der Waals surface area (Å²) in [5.41, 5.74) is 1.98. The molecule has 0 aromatic heterocycles. The number of rotatable bonds is 3. The van der Waals surface area contributed by atoms with Gasteiger partial charge in [0.05, 0.1) is 13.0 Å². The predicted molar refractivity (Wildman–Crippen MR) is 85.9 cm³/mol. The number of ether oxygens (including phenoxy) is 1. The number of carbonyl (C=O) groups is 2. The smallest absolute Gasteiger partial charge is 0.409 e. The van der Waals surface area contributed by atoms with Crippen LogP contribution < -0.4 is 5.32 Å². The van der Waals surface area contributed by atoms with Crippen molar-refractivity contribution in [2.24, 2.45) is 5.92 Å². The average Bonchev–Trinajstić information content (AvgIpc) is 2.54. The second-order valence-corrected chi connectivity index (χ2v) is 5.99. The van der Waals surface area contributed by atoms with Gasteiger partial charge in [-0.3, -0.25) is 4.79 Å². The first-order valence-corrected chi connectivity index (χ1v) is 7.75. The number of piperidine rings is 1. The van der Waals surface area contributed by atoms with E-state index in [0.29, 0.717) is 19.0 Å². The molecule has 1 heterocycles. The molecule has 1 fully saturated rings. The van der Waals surface area contributed by atoms with Crippen LogP contribution in [0.3, 0.4) is 0 Å². The molecule has 1 aliphatic rings. The van der Waals surface area contributed by atoms with Gasteiger partial charge in [0, 0.05) is 18.8 Å². The number of para-hydroxylation sites is 1. The third-order valence-corrected chi connectivity index (χ3v) is 4.07. The molecular weight excluding hydrogens is 280 g/mol. The number of methoxy groups -OCH3 is 1. The molecule has 1 N–H and O–H groups in total. The highest BCUT2D eigenvalue weighted by molar-refractivity contribution is 5.93. The molecule has 120 valence electrons. The van der Waals surface area contributed by atoms with Crippen molar-refractivity contribution in [1.82, 2.24) is 4.90 Å². The van der Waals surface area contributed by atoms with E-state index in [9.17, 15) is 9.59 Å². The van der Waals surface area contributed by atoms with Crippen LogP contribution in [0.5, 0.6) is 0 Å². The molecule has 5 heteroatoms. The molecule has 1 unspecified atom stereocenters. The number of nitrogens with zero attached hydrogens (tertiary/aromatic N) is 1. The largest absolute Gasteiger partial charge is 0.453 e. The second kappa shape index (κ2) is 7.29.